The Morgan fingerprint density at radius 3 is 2.92 bits per heavy atom. The second-order valence-corrected chi connectivity index (χ2v) is 5.91. The number of aliphatic hydroxyl groups excluding tert-OH is 1. The second-order valence-electron chi connectivity index (χ2n) is 5.91. The first-order chi connectivity index (χ1) is 12.0. The number of hydrogen-bond acceptors (Lipinski definition) is 5. The van der Waals surface area contributed by atoms with Crippen molar-refractivity contribution in [1.29, 1.82) is 0 Å². The molecule has 1 aromatic carbocycles. The predicted octanol–water partition coefficient (Wildman–Crippen LogP) is 3.62. The lowest BCUT2D eigenvalue weighted by atomic mass is 10.1. The highest BCUT2D eigenvalue weighted by Gasteiger charge is 2.16. The summed E-state index contributed by atoms with van der Waals surface area (Å²) in [5.41, 5.74) is 2.02. The van der Waals surface area contributed by atoms with Gasteiger partial charge in [0.05, 0.1) is 6.26 Å². The van der Waals surface area contributed by atoms with Crippen molar-refractivity contribution in [3.63, 3.8) is 0 Å². The average Bonchev–Trinajstić information content (AvgIpc) is 3.23. The number of oxazole rings is 1. The first-order valence-electron chi connectivity index (χ1n) is 8.23. The number of benzene rings is 1. The number of nitrogens with zero attached hydrogens (tertiary/aromatic N) is 1. The van der Waals surface area contributed by atoms with Gasteiger partial charge in [-0.2, -0.15) is 0 Å². The van der Waals surface area contributed by atoms with Gasteiger partial charge in [-0.15, -0.1) is 0 Å². The molecule has 0 bridgehead atoms. The summed E-state index contributed by atoms with van der Waals surface area (Å²) in [6.07, 6.45) is 1.81. The van der Waals surface area contributed by atoms with E-state index in [1.54, 1.807) is 30.3 Å². The number of furan rings is 1. The van der Waals surface area contributed by atoms with Gasteiger partial charge in [0.1, 0.15) is 17.4 Å². The van der Waals surface area contributed by atoms with Crippen LogP contribution < -0.4 is 10.6 Å². The highest BCUT2D eigenvalue weighted by molar-refractivity contribution is 5.91. The second kappa shape index (κ2) is 7.40. The molecule has 2 heterocycles. The molecule has 0 aliphatic heterocycles. The van der Waals surface area contributed by atoms with Gasteiger partial charge < -0.3 is 24.6 Å². The zero-order valence-corrected chi connectivity index (χ0v) is 14.2. The molecule has 0 aliphatic carbocycles. The summed E-state index contributed by atoms with van der Waals surface area (Å²) in [5.74, 6) is 1.15. The predicted molar refractivity (Wildman–Crippen MR) is 93.3 cm³/mol. The molecular formula is C18H21N3O4. The largest absolute Gasteiger partial charge is 0.467 e. The molecule has 0 fully saturated rings. The lowest BCUT2D eigenvalue weighted by molar-refractivity contribution is 0.130. The molecule has 2 amide bonds. The number of nitrogens with one attached hydrogen (secondary N) is 2. The normalized spacial score (nSPS) is 13.6. The van der Waals surface area contributed by atoms with Crippen LogP contribution in [0.4, 0.5) is 10.5 Å². The quantitative estimate of drug-likeness (QED) is 0.635. The monoisotopic (exact) mass is 343 g/mol. The molecule has 0 spiro atoms. The Bertz CT molecular complexity index is 841. The third-order valence-electron chi connectivity index (χ3n) is 3.82. The maximum atomic E-state index is 12.1. The molecule has 0 saturated heterocycles. The van der Waals surface area contributed by atoms with E-state index < -0.39 is 6.10 Å². The van der Waals surface area contributed by atoms with Crippen molar-refractivity contribution in [2.45, 2.75) is 38.8 Å². The summed E-state index contributed by atoms with van der Waals surface area (Å²) in [6.45, 7) is 3.79. The number of hydrogen-bond donors (Lipinski definition) is 3. The Kier molecular flexibility index (Phi) is 5.04. The summed E-state index contributed by atoms with van der Waals surface area (Å²) in [5, 5.41) is 15.6. The Hall–Kier alpha value is -2.80. The van der Waals surface area contributed by atoms with Crippen molar-refractivity contribution < 1.29 is 18.7 Å². The van der Waals surface area contributed by atoms with E-state index in [9.17, 15) is 9.90 Å². The van der Waals surface area contributed by atoms with E-state index in [2.05, 4.69) is 15.6 Å². The smallest absolute Gasteiger partial charge is 0.319 e. The van der Waals surface area contributed by atoms with Crippen LogP contribution in [-0.4, -0.2) is 22.2 Å². The van der Waals surface area contributed by atoms with Crippen LogP contribution in [0.5, 0.6) is 0 Å². The zero-order valence-electron chi connectivity index (χ0n) is 14.2. The van der Waals surface area contributed by atoms with E-state index in [0.717, 1.165) is 0 Å². The van der Waals surface area contributed by atoms with Gasteiger partial charge >= 0.3 is 6.03 Å². The summed E-state index contributed by atoms with van der Waals surface area (Å²) in [6, 6.07) is 8.14. The summed E-state index contributed by atoms with van der Waals surface area (Å²) in [4.78, 5) is 16.5. The Balaban J connectivity index is 1.56. The third kappa shape index (κ3) is 4.19. The molecule has 0 aliphatic rings. The van der Waals surface area contributed by atoms with Gasteiger partial charge in [-0.1, -0.05) is 6.92 Å². The van der Waals surface area contributed by atoms with Gasteiger partial charge in [0.15, 0.2) is 11.5 Å². The van der Waals surface area contributed by atoms with Gasteiger partial charge in [-0.3, -0.25) is 0 Å². The van der Waals surface area contributed by atoms with E-state index >= 15 is 0 Å². The van der Waals surface area contributed by atoms with Crippen molar-refractivity contribution in [3.05, 3.63) is 48.2 Å². The molecule has 3 aromatic rings. The maximum Gasteiger partial charge on any atom is 0.319 e. The van der Waals surface area contributed by atoms with Gasteiger partial charge in [0.25, 0.3) is 0 Å². The molecule has 2 atom stereocenters. The lowest BCUT2D eigenvalue weighted by Gasteiger charge is -2.17. The van der Waals surface area contributed by atoms with Crippen LogP contribution in [0.15, 0.2) is 45.4 Å². The zero-order chi connectivity index (χ0) is 17.8. The van der Waals surface area contributed by atoms with E-state index in [1.807, 2.05) is 13.8 Å². The molecule has 2 aromatic heterocycles. The Morgan fingerprint density at radius 2 is 2.20 bits per heavy atom. The van der Waals surface area contributed by atoms with Gasteiger partial charge in [0.2, 0.25) is 0 Å². The third-order valence-corrected chi connectivity index (χ3v) is 3.82. The number of aliphatic hydroxyl groups is 1. The fourth-order valence-corrected chi connectivity index (χ4v) is 2.59. The molecule has 0 radical (unpaired) electrons. The van der Waals surface area contributed by atoms with E-state index in [4.69, 9.17) is 8.83 Å². The fraction of sp³-hybridized carbons (Fsp3) is 0.333. The number of amides is 2. The van der Waals surface area contributed by atoms with Crippen LogP contribution in [0.1, 0.15) is 38.0 Å². The number of aryl methyl sites for hydroxylation is 1. The average molecular weight is 343 g/mol. The number of urea groups is 1. The van der Waals surface area contributed by atoms with Crippen LogP contribution in [0, 0.1) is 0 Å². The summed E-state index contributed by atoms with van der Waals surface area (Å²) < 4.78 is 10.7. The van der Waals surface area contributed by atoms with E-state index in [0.29, 0.717) is 41.3 Å². The number of rotatable bonds is 6. The van der Waals surface area contributed by atoms with Crippen LogP contribution in [-0.2, 0) is 6.42 Å². The SMILES string of the molecule is CCc1nc2cc(NC(=O)NC(C)CC(O)c3ccco3)ccc2o1. The number of anilines is 1. The van der Waals surface area contributed by atoms with Crippen molar-refractivity contribution >= 4 is 22.8 Å². The van der Waals surface area contributed by atoms with Crippen LogP contribution in [0.25, 0.3) is 11.1 Å². The van der Waals surface area contributed by atoms with Crippen molar-refractivity contribution in [2.24, 2.45) is 0 Å². The molecule has 2 unspecified atom stereocenters. The van der Waals surface area contributed by atoms with Crippen LogP contribution in [0.3, 0.4) is 0 Å². The maximum absolute atomic E-state index is 12.1. The number of aromatic nitrogens is 1. The minimum absolute atomic E-state index is 0.234. The lowest BCUT2D eigenvalue weighted by Crippen LogP contribution is -2.37. The standard InChI is InChI=1S/C18H21N3O4/c1-3-17-21-13-10-12(6-7-15(13)25-17)20-18(23)19-11(2)9-14(22)16-5-4-8-24-16/h4-8,10-11,14,22H,3,9H2,1-2H3,(H2,19,20,23). The first kappa shape index (κ1) is 17.0. The highest BCUT2D eigenvalue weighted by Crippen LogP contribution is 2.21. The molecule has 7 nitrogen and oxygen atoms in total. The van der Waals surface area contributed by atoms with Gasteiger partial charge in [-0.05, 0) is 37.3 Å². The molecule has 0 saturated carbocycles. The van der Waals surface area contributed by atoms with E-state index in [1.165, 1.54) is 6.26 Å². The number of fused-ring (bicyclic) bond motifs is 1. The summed E-state index contributed by atoms with van der Waals surface area (Å²) in [7, 11) is 0. The van der Waals surface area contributed by atoms with Crippen molar-refractivity contribution in [1.82, 2.24) is 10.3 Å². The van der Waals surface area contributed by atoms with E-state index in [-0.39, 0.29) is 12.1 Å². The highest BCUT2D eigenvalue weighted by atomic mass is 16.4. The van der Waals surface area contributed by atoms with Gasteiger partial charge in [-0.25, -0.2) is 9.78 Å². The van der Waals surface area contributed by atoms with Crippen molar-refractivity contribution in [3.8, 4) is 0 Å². The van der Waals surface area contributed by atoms with Gasteiger partial charge in [0, 0.05) is 24.6 Å². The molecular weight excluding hydrogens is 322 g/mol. The minimum Gasteiger partial charge on any atom is -0.467 e. The van der Waals surface area contributed by atoms with Crippen LogP contribution in [0.2, 0.25) is 0 Å². The molecule has 25 heavy (non-hydrogen) atoms. The Labute approximate surface area is 145 Å². The fourth-order valence-electron chi connectivity index (χ4n) is 2.59. The number of carbonyl (C=O) groups excluding carboxylic acids is 1. The van der Waals surface area contributed by atoms with Crippen LogP contribution >= 0.6 is 0 Å². The summed E-state index contributed by atoms with van der Waals surface area (Å²) >= 11 is 0. The molecule has 3 N–H and O–H groups in total. The molecule has 3 rings (SSSR count). The number of carbonyl (C=O) groups is 1. The Morgan fingerprint density at radius 1 is 1.36 bits per heavy atom. The molecule has 7 heteroatoms. The molecule has 132 valence electrons. The van der Waals surface area contributed by atoms with Crippen molar-refractivity contribution in [2.75, 3.05) is 5.32 Å². The minimum atomic E-state index is -0.760. The topological polar surface area (TPSA) is 101 Å². The first-order valence-corrected chi connectivity index (χ1v) is 8.23.